The molecule has 1 fully saturated rings. The maximum Gasteiger partial charge on any atom is 0.332 e. The van der Waals surface area contributed by atoms with E-state index in [2.05, 4.69) is 16.3 Å². The topological polar surface area (TPSA) is 77.1 Å². The summed E-state index contributed by atoms with van der Waals surface area (Å²) in [4.78, 5) is 33.7. The summed E-state index contributed by atoms with van der Waals surface area (Å²) in [6.45, 7) is 8.48. The summed E-state index contributed by atoms with van der Waals surface area (Å²) in [5, 5.41) is 3.41. The van der Waals surface area contributed by atoms with Crippen molar-refractivity contribution in [1.29, 1.82) is 0 Å². The molecule has 170 valence electrons. The number of allylic oxidation sites excluding steroid dienone is 2. The molecule has 1 aliphatic rings. The molecule has 0 atom stereocenters. The van der Waals surface area contributed by atoms with Gasteiger partial charge in [-0.15, -0.1) is 0 Å². The van der Waals surface area contributed by atoms with Crippen molar-refractivity contribution in [2.75, 3.05) is 31.1 Å². The summed E-state index contributed by atoms with van der Waals surface area (Å²) in [6, 6.07) is 9.92. The highest BCUT2D eigenvalue weighted by atomic mass is 16.2. The highest BCUT2D eigenvalue weighted by molar-refractivity contribution is 5.74. The Hall–Kier alpha value is -3.13. The van der Waals surface area contributed by atoms with Crippen molar-refractivity contribution in [3.8, 4) is 0 Å². The standard InChI is InChI=1S/C24H32N6O2/c1-18(2)10-15-29-20-21(26-23(29)28-14-7-12-25-13-17-28)27(3)24(32)30(22(20)31)16-11-19-8-5-4-6-9-19/h4-6,8-10,25H,7,11-17H2,1-3H3. The van der Waals surface area contributed by atoms with Crippen molar-refractivity contribution in [3.05, 3.63) is 68.4 Å². The lowest BCUT2D eigenvalue weighted by Gasteiger charge is -2.22. The van der Waals surface area contributed by atoms with Crippen LogP contribution >= 0.6 is 0 Å². The second-order valence-corrected chi connectivity index (χ2v) is 8.60. The quantitative estimate of drug-likeness (QED) is 0.598. The first-order valence-electron chi connectivity index (χ1n) is 11.3. The number of aryl methyl sites for hydroxylation is 2. The molecular formula is C24H32N6O2. The van der Waals surface area contributed by atoms with E-state index in [0.29, 0.717) is 30.7 Å². The first-order valence-corrected chi connectivity index (χ1v) is 11.3. The molecule has 4 rings (SSSR count). The van der Waals surface area contributed by atoms with Gasteiger partial charge in [0.05, 0.1) is 0 Å². The number of rotatable bonds is 6. The first-order chi connectivity index (χ1) is 15.5. The number of aromatic nitrogens is 4. The minimum atomic E-state index is -0.325. The molecule has 1 saturated heterocycles. The lowest BCUT2D eigenvalue weighted by molar-refractivity contribution is 0.600. The van der Waals surface area contributed by atoms with Crippen molar-refractivity contribution < 1.29 is 0 Å². The Balaban J connectivity index is 1.85. The molecule has 1 aliphatic heterocycles. The molecular weight excluding hydrogens is 404 g/mol. The average molecular weight is 437 g/mol. The molecule has 0 saturated carbocycles. The summed E-state index contributed by atoms with van der Waals surface area (Å²) in [6.07, 6.45) is 3.72. The zero-order valence-electron chi connectivity index (χ0n) is 19.2. The Morgan fingerprint density at radius 3 is 2.62 bits per heavy atom. The SMILES string of the molecule is CC(C)=CCn1c(N2CCCNCC2)nc2c1c(=O)n(CCc1ccccc1)c(=O)n2C. The van der Waals surface area contributed by atoms with Crippen molar-refractivity contribution in [2.24, 2.45) is 7.05 Å². The van der Waals surface area contributed by atoms with Gasteiger partial charge in [0, 0.05) is 39.8 Å². The molecule has 3 aromatic rings. The van der Waals surface area contributed by atoms with Crippen LogP contribution in [0.3, 0.4) is 0 Å². The van der Waals surface area contributed by atoms with Crippen molar-refractivity contribution in [2.45, 2.75) is 39.8 Å². The van der Waals surface area contributed by atoms with Gasteiger partial charge in [0.25, 0.3) is 5.56 Å². The smallest absolute Gasteiger partial charge is 0.332 e. The molecule has 1 aromatic carbocycles. The molecule has 8 heteroatoms. The number of imidazole rings is 1. The average Bonchev–Trinajstić information content (AvgIpc) is 2.96. The van der Waals surface area contributed by atoms with Gasteiger partial charge in [0.15, 0.2) is 11.2 Å². The fourth-order valence-corrected chi connectivity index (χ4v) is 4.18. The Bertz CT molecular complexity index is 1220. The maximum atomic E-state index is 13.6. The Morgan fingerprint density at radius 1 is 1.09 bits per heavy atom. The van der Waals surface area contributed by atoms with Gasteiger partial charge in [-0.2, -0.15) is 4.98 Å². The lowest BCUT2D eigenvalue weighted by atomic mass is 10.1. The number of nitrogens with zero attached hydrogens (tertiary/aromatic N) is 5. The van der Waals surface area contributed by atoms with E-state index in [4.69, 9.17) is 4.98 Å². The van der Waals surface area contributed by atoms with Gasteiger partial charge in [-0.25, -0.2) is 4.79 Å². The third kappa shape index (κ3) is 4.41. The van der Waals surface area contributed by atoms with Gasteiger partial charge in [0.2, 0.25) is 5.95 Å². The van der Waals surface area contributed by atoms with Crippen LogP contribution in [0.25, 0.3) is 11.2 Å². The summed E-state index contributed by atoms with van der Waals surface area (Å²) in [5.74, 6) is 0.758. The molecule has 3 heterocycles. The van der Waals surface area contributed by atoms with Crippen LogP contribution in [0.15, 0.2) is 51.6 Å². The van der Waals surface area contributed by atoms with Crippen molar-refractivity contribution >= 4 is 17.1 Å². The summed E-state index contributed by atoms with van der Waals surface area (Å²) in [7, 11) is 1.70. The van der Waals surface area contributed by atoms with Gasteiger partial charge >= 0.3 is 5.69 Å². The molecule has 8 nitrogen and oxygen atoms in total. The van der Waals surface area contributed by atoms with E-state index in [0.717, 1.165) is 44.1 Å². The summed E-state index contributed by atoms with van der Waals surface area (Å²) >= 11 is 0. The Labute approximate surface area is 187 Å². The molecule has 32 heavy (non-hydrogen) atoms. The number of hydrogen-bond donors (Lipinski definition) is 1. The molecule has 0 aliphatic carbocycles. The third-order valence-corrected chi connectivity index (χ3v) is 5.98. The van der Waals surface area contributed by atoms with Gasteiger partial charge < -0.3 is 14.8 Å². The molecule has 0 amide bonds. The predicted molar refractivity (Wildman–Crippen MR) is 129 cm³/mol. The van der Waals surface area contributed by atoms with Gasteiger partial charge in [-0.3, -0.25) is 13.9 Å². The van der Waals surface area contributed by atoms with Gasteiger partial charge in [-0.05, 0) is 38.8 Å². The Morgan fingerprint density at radius 2 is 1.88 bits per heavy atom. The minimum Gasteiger partial charge on any atom is -0.341 e. The van der Waals surface area contributed by atoms with Gasteiger partial charge in [0.1, 0.15) is 0 Å². The van der Waals surface area contributed by atoms with Crippen LogP contribution < -0.4 is 21.5 Å². The van der Waals surface area contributed by atoms with E-state index in [1.807, 2.05) is 48.7 Å². The van der Waals surface area contributed by atoms with Crippen LogP contribution in [0, 0.1) is 0 Å². The molecule has 0 radical (unpaired) electrons. The van der Waals surface area contributed by atoms with Crippen LogP contribution in [0.4, 0.5) is 5.95 Å². The first kappa shape index (κ1) is 22.1. The van der Waals surface area contributed by atoms with Crippen molar-refractivity contribution in [3.63, 3.8) is 0 Å². The highest BCUT2D eigenvalue weighted by Crippen LogP contribution is 2.21. The second-order valence-electron chi connectivity index (χ2n) is 8.60. The monoisotopic (exact) mass is 436 g/mol. The van der Waals surface area contributed by atoms with E-state index in [9.17, 15) is 9.59 Å². The zero-order chi connectivity index (χ0) is 22.7. The van der Waals surface area contributed by atoms with Crippen LogP contribution in [0.5, 0.6) is 0 Å². The lowest BCUT2D eigenvalue weighted by Crippen LogP contribution is -2.40. The van der Waals surface area contributed by atoms with E-state index in [1.54, 1.807) is 7.05 Å². The van der Waals surface area contributed by atoms with E-state index in [-0.39, 0.29) is 11.2 Å². The van der Waals surface area contributed by atoms with Crippen LogP contribution in [0.1, 0.15) is 25.8 Å². The van der Waals surface area contributed by atoms with Crippen LogP contribution in [0.2, 0.25) is 0 Å². The summed E-state index contributed by atoms with van der Waals surface area (Å²) in [5.41, 5.74) is 2.61. The molecule has 0 unspecified atom stereocenters. The molecule has 0 bridgehead atoms. The van der Waals surface area contributed by atoms with Crippen molar-refractivity contribution in [1.82, 2.24) is 24.0 Å². The van der Waals surface area contributed by atoms with Gasteiger partial charge in [-0.1, -0.05) is 42.0 Å². The third-order valence-electron chi connectivity index (χ3n) is 5.98. The normalized spacial score (nSPS) is 14.5. The Kier molecular flexibility index (Phi) is 6.60. The zero-order valence-corrected chi connectivity index (χ0v) is 19.2. The fourth-order valence-electron chi connectivity index (χ4n) is 4.18. The predicted octanol–water partition coefficient (Wildman–Crippen LogP) is 1.91. The number of nitrogens with one attached hydrogen (secondary N) is 1. The van der Waals surface area contributed by atoms with Crippen LogP contribution in [-0.4, -0.2) is 44.9 Å². The highest BCUT2D eigenvalue weighted by Gasteiger charge is 2.23. The van der Waals surface area contributed by atoms with E-state index in [1.165, 1.54) is 14.7 Å². The van der Waals surface area contributed by atoms with Crippen LogP contribution in [-0.2, 0) is 26.6 Å². The maximum absolute atomic E-state index is 13.6. The van der Waals surface area contributed by atoms with E-state index < -0.39 is 0 Å². The number of anilines is 1. The molecule has 1 N–H and O–H groups in total. The largest absolute Gasteiger partial charge is 0.341 e. The fraction of sp³-hybridized carbons (Fsp3) is 0.458. The number of hydrogen-bond acceptors (Lipinski definition) is 5. The number of benzene rings is 1. The summed E-state index contributed by atoms with van der Waals surface area (Å²) < 4.78 is 4.85. The number of fused-ring (bicyclic) bond motifs is 1. The minimum absolute atomic E-state index is 0.270. The van der Waals surface area contributed by atoms with E-state index >= 15 is 0 Å². The molecule has 2 aromatic heterocycles. The second kappa shape index (κ2) is 9.56. The molecule has 0 spiro atoms.